The predicted octanol–water partition coefficient (Wildman–Crippen LogP) is 0.207. The van der Waals surface area contributed by atoms with Gasteiger partial charge in [0.2, 0.25) is 0 Å². The van der Waals surface area contributed by atoms with Crippen LogP contribution < -0.4 is 4.46 Å². The fraction of sp³-hybridized carbons (Fsp3) is 0. The second-order valence-corrected chi connectivity index (χ2v) is 3.17. The summed E-state index contributed by atoms with van der Waals surface area (Å²) < 4.78 is 1.02. The first-order valence-electron chi connectivity index (χ1n) is 2.41. The summed E-state index contributed by atoms with van der Waals surface area (Å²) in [6, 6.07) is 5.04. The van der Waals surface area contributed by atoms with Crippen molar-refractivity contribution >= 4 is 33.1 Å². The Balaban J connectivity index is 3.17. The van der Waals surface area contributed by atoms with Crippen LogP contribution in [0.2, 0.25) is 0 Å². The molecule has 0 heterocycles. The van der Waals surface area contributed by atoms with Crippen LogP contribution in [0.4, 0.5) is 0 Å². The van der Waals surface area contributed by atoms with Crippen molar-refractivity contribution in [3.05, 3.63) is 18.2 Å². The minimum absolute atomic E-state index is 0.259. The van der Waals surface area contributed by atoms with Gasteiger partial charge in [-0.2, -0.15) is 0 Å². The van der Waals surface area contributed by atoms with Gasteiger partial charge in [-0.05, 0) is 0 Å². The minimum atomic E-state index is 0.259. The van der Waals surface area contributed by atoms with E-state index < -0.39 is 0 Å². The average Bonchev–Trinajstić information content (AvgIpc) is 1.80. The molecule has 0 fully saturated rings. The van der Waals surface area contributed by atoms with E-state index >= 15 is 0 Å². The van der Waals surface area contributed by atoms with Gasteiger partial charge in [0.15, 0.2) is 0 Å². The zero-order chi connectivity index (χ0) is 6.85. The van der Waals surface area contributed by atoms with Gasteiger partial charge in [-0.1, -0.05) is 0 Å². The van der Waals surface area contributed by atoms with Gasteiger partial charge in [-0.15, -0.1) is 0 Å². The molecule has 1 rings (SSSR count). The van der Waals surface area contributed by atoms with Crippen molar-refractivity contribution in [3.63, 3.8) is 0 Å². The molecule has 0 bridgehead atoms. The quantitative estimate of drug-likeness (QED) is 0.458. The van der Waals surface area contributed by atoms with E-state index in [4.69, 9.17) is 5.11 Å². The molecular weight excluding hydrogens is 199 g/mol. The summed E-state index contributed by atoms with van der Waals surface area (Å²) in [5.74, 6) is 0.259. The van der Waals surface area contributed by atoms with Crippen LogP contribution in [0.3, 0.4) is 0 Å². The van der Waals surface area contributed by atoms with Crippen LogP contribution in [-0.2, 0) is 0 Å². The van der Waals surface area contributed by atoms with E-state index in [0.29, 0.717) is 0 Å². The summed E-state index contributed by atoms with van der Waals surface area (Å²) in [7, 11) is 0. The van der Waals surface area contributed by atoms with Crippen molar-refractivity contribution in [1.29, 1.82) is 0 Å². The van der Waals surface area contributed by atoms with Gasteiger partial charge in [0.05, 0.1) is 0 Å². The molecule has 48 valence electrons. The molecule has 0 saturated heterocycles. The Morgan fingerprint density at radius 2 is 2.11 bits per heavy atom. The van der Waals surface area contributed by atoms with Crippen molar-refractivity contribution < 1.29 is 5.11 Å². The molecule has 0 aliphatic carbocycles. The first-order chi connectivity index (χ1) is 4.20. The molecule has 1 aromatic rings. The molecule has 9 heavy (non-hydrogen) atoms. The van der Waals surface area contributed by atoms with E-state index in [1.165, 1.54) is 0 Å². The van der Waals surface area contributed by atoms with Gasteiger partial charge < -0.3 is 0 Å². The van der Waals surface area contributed by atoms with Crippen molar-refractivity contribution in [2.24, 2.45) is 0 Å². The van der Waals surface area contributed by atoms with Crippen LogP contribution in [0.5, 0.6) is 5.75 Å². The summed E-state index contributed by atoms with van der Waals surface area (Å²) in [6.07, 6.45) is 0. The van der Waals surface area contributed by atoms with E-state index in [2.05, 4.69) is 28.6 Å². The predicted molar refractivity (Wildman–Crippen MR) is 42.1 cm³/mol. The van der Waals surface area contributed by atoms with E-state index in [-0.39, 0.29) is 5.75 Å². The molecule has 0 aromatic heterocycles. The molecular formula is C6H6OSSe. The number of hydrogen-bond donors (Lipinski definition) is 2. The molecule has 0 saturated carbocycles. The van der Waals surface area contributed by atoms with Crippen LogP contribution in [-0.4, -0.2) is 21.1 Å². The van der Waals surface area contributed by atoms with Gasteiger partial charge >= 0.3 is 67.1 Å². The van der Waals surface area contributed by atoms with Crippen LogP contribution in [0.1, 0.15) is 0 Å². The van der Waals surface area contributed by atoms with E-state index in [9.17, 15) is 0 Å². The fourth-order valence-electron chi connectivity index (χ4n) is 0.512. The van der Waals surface area contributed by atoms with Gasteiger partial charge in [0.25, 0.3) is 0 Å². The maximum atomic E-state index is 8.88. The molecule has 1 aromatic carbocycles. The van der Waals surface area contributed by atoms with Crippen LogP contribution >= 0.6 is 12.6 Å². The summed E-state index contributed by atoms with van der Waals surface area (Å²) in [5, 5.41) is 8.88. The summed E-state index contributed by atoms with van der Waals surface area (Å²) in [6.45, 7) is 0. The molecule has 1 nitrogen and oxygen atoms in total. The van der Waals surface area contributed by atoms with Gasteiger partial charge in [-0.3, -0.25) is 0 Å². The standard InChI is InChI=1S/C6H6OSSe/c7-4-1-2-6(9)5(8)3-4/h1-3,7-9H. The van der Waals surface area contributed by atoms with Crippen molar-refractivity contribution in [3.8, 4) is 5.75 Å². The summed E-state index contributed by atoms with van der Waals surface area (Å²) >= 11 is 6.47. The molecule has 0 radical (unpaired) electrons. The third-order valence-electron chi connectivity index (χ3n) is 0.959. The maximum absolute atomic E-state index is 8.88. The Morgan fingerprint density at radius 1 is 1.44 bits per heavy atom. The van der Waals surface area contributed by atoms with E-state index in [0.717, 1.165) is 9.36 Å². The number of phenolic OH excluding ortho intramolecular Hbond substituents is 1. The van der Waals surface area contributed by atoms with Crippen LogP contribution in [0.25, 0.3) is 0 Å². The van der Waals surface area contributed by atoms with Crippen molar-refractivity contribution in [2.45, 2.75) is 4.90 Å². The van der Waals surface area contributed by atoms with E-state index in [1.54, 1.807) is 18.2 Å². The summed E-state index contributed by atoms with van der Waals surface area (Å²) in [5.41, 5.74) is 0. The fourth-order valence-corrected chi connectivity index (χ4v) is 1.01. The number of hydrogen-bond acceptors (Lipinski definition) is 2. The molecule has 0 aliphatic heterocycles. The van der Waals surface area contributed by atoms with E-state index in [1.807, 2.05) is 0 Å². The monoisotopic (exact) mass is 206 g/mol. The average molecular weight is 205 g/mol. The van der Waals surface area contributed by atoms with Gasteiger partial charge in [-0.25, -0.2) is 0 Å². The van der Waals surface area contributed by atoms with Gasteiger partial charge in [0.1, 0.15) is 0 Å². The van der Waals surface area contributed by atoms with Crippen LogP contribution in [0.15, 0.2) is 23.1 Å². The molecule has 0 unspecified atom stereocenters. The Morgan fingerprint density at radius 3 is 2.56 bits per heavy atom. The third-order valence-corrected chi connectivity index (χ3v) is 2.53. The Labute approximate surface area is 67.3 Å². The van der Waals surface area contributed by atoms with Crippen molar-refractivity contribution in [2.75, 3.05) is 0 Å². The molecule has 0 spiro atoms. The molecule has 0 amide bonds. The second kappa shape index (κ2) is 2.65. The SMILES string of the molecule is Oc1ccc([SeH])c(S)c1. The number of thiol groups is 1. The zero-order valence-electron chi connectivity index (χ0n) is 4.57. The zero-order valence-corrected chi connectivity index (χ0v) is 7.34. The Bertz CT molecular complexity index is 224. The second-order valence-electron chi connectivity index (χ2n) is 1.67. The first-order valence-corrected chi connectivity index (χ1v) is 3.79. The number of benzene rings is 1. The summed E-state index contributed by atoms with van der Waals surface area (Å²) in [4.78, 5) is 0.801. The van der Waals surface area contributed by atoms with Crippen LogP contribution in [0, 0.1) is 0 Å². The normalized spacial score (nSPS) is 9.56. The Hall–Kier alpha value is -0.111. The Kier molecular flexibility index (Phi) is 2.06. The first kappa shape index (κ1) is 7.00. The van der Waals surface area contributed by atoms with Gasteiger partial charge in [0, 0.05) is 0 Å². The van der Waals surface area contributed by atoms with Crippen molar-refractivity contribution in [1.82, 2.24) is 0 Å². The molecule has 0 atom stereocenters. The number of aromatic hydroxyl groups is 1. The molecule has 3 heteroatoms. The number of rotatable bonds is 0. The molecule has 0 aliphatic rings. The molecule has 1 N–H and O–H groups in total. The number of phenols is 1. The third kappa shape index (κ3) is 1.65. The topological polar surface area (TPSA) is 20.2 Å².